The van der Waals surface area contributed by atoms with E-state index in [9.17, 15) is 18.0 Å². The lowest BCUT2D eigenvalue weighted by Gasteiger charge is -2.42. The summed E-state index contributed by atoms with van der Waals surface area (Å²) in [6.07, 6.45) is 2.87. The number of benzene rings is 2. The van der Waals surface area contributed by atoms with Crippen molar-refractivity contribution in [1.29, 1.82) is 0 Å². The molecule has 2 fully saturated rings. The fourth-order valence-corrected chi connectivity index (χ4v) is 9.18. The van der Waals surface area contributed by atoms with Crippen molar-refractivity contribution in [3.05, 3.63) is 89.6 Å². The molecule has 2 amide bonds. The van der Waals surface area contributed by atoms with Gasteiger partial charge in [-0.05, 0) is 49.1 Å². The van der Waals surface area contributed by atoms with Crippen LogP contribution in [0.4, 0.5) is 11.4 Å². The summed E-state index contributed by atoms with van der Waals surface area (Å²) in [5, 5.41) is -0.964. The van der Waals surface area contributed by atoms with E-state index in [1.54, 1.807) is 36.0 Å². The number of anilines is 2. The zero-order chi connectivity index (χ0) is 27.1. The van der Waals surface area contributed by atoms with Crippen molar-refractivity contribution in [3.8, 4) is 0 Å². The van der Waals surface area contributed by atoms with Crippen LogP contribution in [-0.2, 0) is 25.0 Å². The highest BCUT2D eigenvalue weighted by atomic mass is 32.2. The lowest BCUT2D eigenvalue weighted by molar-refractivity contribution is -0.129. The van der Waals surface area contributed by atoms with Crippen LogP contribution >= 0.6 is 0 Å². The number of piperidine rings is 1. The molecule has 39 heavy (non-hydrogen) atoms. The molecule has 3 atom stereocenters. The van der Waals surface area contributed by atoms with E-state index in [2.05, 4.69) is 9.88 Å². The number of nitrogens with zero attached hydrogens (tertiary/aromatic N) is 4. The molecule has 4 aliphatic heterocycles. The maximum absolute atomic E-state index is 14.3. The fraction of sp³-hybridized carbons (Fsp3) is 0.300. The Bertz CT molecular complexity index is 1690. The number of sulfone groups is 1. The van der Waals surface area contributed by atoms with Crippen LogP contribution in [0.15, 0.2) is 83.5 Å². The van der Waals surface area contributed by atoms with Gasteiger partial charge in [-0.3, -0.25) is 14.5 Å². The molecular formula is C30H28N4O4S. The molecule has 0 radical (unpaired) electrons. The second-order valence-corrected chi connectivity index (χ2v) is 12.8. The zero-order valence-corrected chi connectivity index (χ0v) is 22.6. The van der Waals surface area contributed by atoms with Gasteiger partial charge in [-0.1, -0.05) is 42.5 Å². The highest BCUT2D eigenvalue weighted by molar-refractivity contribution is 7.92. The van der Waals surface area contributed by atoms with Gasteiger partial charge in [0.15, 0.2) is 14.9 Å². The number of fused-ring (bicyclic) bond motifs is 5. The predicted octanol–water partition coefficient (Wildman–Crippen LogP) is 3.39. The Labute approximate surface area is 227 Å². The topological polar surface area (TPSA) is 90.9 Å². The number of pyridine rings is 1. The van der Waals surface area contributed by atoms with Gasteiger partial charge in [0, 0.05) is 43.7 Å². The average Bonchev–Trinajstić information content (AvgIpc) is 3.53. The molecule has 0 N–H and O–H groups in total. The minimum absolute atomic E-state index is 0.00993. The zero-order valence-electron chi connectivity index (χ0n) is 21.7. The quantitative estimate of drug-likeness (QED) is 0.463. The molecule has 9 heteroatoms. The van der Waals surface area contributed by atoms with E-state index >= 15 is 0 Å². The van der Waals surface area contributed by atoms with Crippen molar-refractivity contribution in [2.75, 3.05) is 30.4 Å². The van der Waals surface area contributed by atoms with Crippen LogP contribution in [-0.4, -0.2) is 62.0 Å². The molecule has 0 aliphatic carbocycles. The van der Waals surface area contributed by atoms with E-state index in [0.717, 1.165) is 28.1 Å². The number of rotatable bonds is 2. The molecule has 5 heterocycles. The minimum atomic E-state index is -3.97. The standard InChI is InChI=1S/C30H28N4O4S/c1-32-22-13-5-3-10-19(22)26(28(32)35)20-11-9-17-34-27(20)24(39(37,38)25-15-7-8-16-31-25)18-30(34)21-12-4-6-14-23(21)33(2)29(30)36/h3-8,10,12-16,24,27H,9,11,17-18H2,1-2H3/b26-20+/t24-,27-,30-/m0/s1. The molecule has 2 saturated heterocycles. The number of likely N-dealkylation sites (N-methyl/N-ethyl adjacent to an activating group) is 2. The van der Waals surface area contributed by atoms with Crippen LogP contribution in [0.1, 0.15) is 30.4 Å². The Hall–Kier alpha value is -3.82. The number of hydrogen-bond donors (Lipinski definition) is 0. The molecule has 3 aromatic rings. The molecule has 2 aromatic carbocycles. The van der Waals surface area contributed by atoms with E-state index in [4.69, 9.17) is 0 Å². The van der Waals surface area contributed by atoms with Crippen LogP contribution in [0.25, 0.3) is 5.57 Å². The van der Waals surface area contributed by atoms with Crippen molar-refractivity contribution in [2.45, 2.75) is 41.1 Å². The average molecular weight is 541 g/mol. The first kappa shape index (κ1) is 24.2. The summed E-state index contributed by atoms with van der Waals surface area (Å²) in [4.78, 5) is 37.5. The van der Waals surface area contributed by atoms with Gasteiger partial charge in [0.2, 0.25) is 0 Å². The van der Waals surface area contributed by atoms with E-state index in [1.165, 1.54) is 12.3 Å². The Morgan fingerprint density at radius 1 is 0.897 bits per heavy atom. The molecule has 0 bridgehead atoms. The normalized spacial score (nSPS) is 28.3. The van der Waals surface area contributed by atoms with Gasteiger partial charge in [0.1, 0.15) is 5.54 Å². The van der Waals surface area contributed by atoms with E-state index in [0.29, 0.717) is 25.0 Å². The summed E-state index contributed by atoms with van der Waals surface area (Å²) in [5.74, 6) is -0.271. The van der Waals surface area contributed by atoms with Gasteiger partial charge in [0.05, 0.1) is 22.6 Å². The number of aromatic nitrogens is 1. The molecule has 7 rings (SSSR count). The van der Waals surface area contributed by atoms with E-state index < -0.39 is 26.7 Å². The molecule has 8 nitrogen and oxygen atoms in total. The number of carbonyl (C=O) groups is 2. The lowest BCUT2D eigenvalue weighted by Crippen LogP contribution is -2.54. The Balaban J connectivity index is 1.50. The summed E-state index contributed by atoms with van der Waals surface area (Å²) >= 11 is 0. The third-order valence-corrected chi connectivity index (χ3v) is 11.0. The monoisotopic (exact) mass is 540 g/mol. The molecular weight excluding hydrogens is 512 g/mol. The molecule has 0 saturated carbocycles. The third-order valence-electron chi connectivity index (χ3n) is 8.95. The van der Waals surface area contributed by atoms with Crippen LogP contribution in [0.3, 0.4) is 0 Å². The summed E-state index contributed by atoms with van der Waals surface area (Å²) in [6.45, 7) is 0.551. The SMILES string of the molecule is CN1C(=O)/C(=C2\CCCN3[C@@H]2[C@@H](S(=O)(=O)c2ccccn2)C[C@]32C(=O)N(C)c3ccccc32)c2ccccc21. The number of amides is 2. The van der Waals surface area contributed by atoms with Gasteiger partial charge >= 0.3 is 0 Å². The van der Waals surface area contributed by atoms with Crippen LogP contribution in [0, 0.1) is 0 Å². The van der Waals surface area contributed by atoms with Crippen molar-refractivity contribution >= 4 is 38.6 Å². The smallest absolute Gasteiger partial charge is 0.258 e. The largest absolute Gasteiger partial charge is 0.313 e. The van der Waals surface area contributed by atoms with Crippen LogP contribution in [0.5, 0.6) is 0 Å². The minimum Gasteiger partial charge on any atom is -0.313 e. The van der Waals surface area contributed by atoms with Gasteiger partial charge < -0.3 is 9.80 Å². The van der Waals surface area contributed by atoms with E-state index in [1.807, 2.05) is 48.5 Å². The third kappa shape index (κ3) is 3.08. The number of para-hydroxylation sites is 2. The van der Waals surface area contributed by atoms with Crippen molar-refractivity contribution in [1.82, 2.24) is 9.88 Å². The van der Waals surface area contributed by atoms with Crippen molar-refractivity contribution in [2.24, 2.45) is 0 Å². The maximum atomic E-state index is 14.3. The van der Waals surface area contributed by atoms with E-state index in [-0.39, 0.29) is 23.3 Å². The highest BCUT2D eigenvalue weighted by Gasteiger charge is 2.66. The predicted molar refractivity (Wildman–Crippen MR) is 148 cm³/mol. The number of hydrogen-bond acceptors (Lipinski definition) is 6. The summed E-state index contributed by atoms with van der Waals surface area (Å²) in [6, 6.07) is 19.5. The first-order chi connectivity index (χ1) is 18.8. The first-order valence-electron chi connectivity index (χ1n) is 13.2. The Kier molecular flexibility index (Phi) is 5.18. The maximum Gasteiger partial charge on any atom is 0.258 e. The molecule has 1 spiro atoms. The van der Waals surface area contributed by atoms with Crippen molar-refractivity contribution < 1.29 is 18.0 Å². The van der Waals surface area contributed by atoms with Gasteiger partial charge in [-0.25, -0.2) is 13.4 Å². The first-order valence-corrected chi connectivity index (χ1v) is 14.7. The second kappa shape index (κ2) is 8.34. The van der Waals surface area contributed by atoms with Gasteiger partial charge in [-0.15, -0.1) is 0 Å². The Morgan fingerprint density at radius 2 is 1.62 bits per heavy atom. The van der Waals surface area contributed by atoms with Gasteiger partial charge in [-0.2, -0.15) is 0 Å². The summed E-state index contributed by atoms with van der Waals surface area (Å²) in [7, 11) is -0.470. The van der Waals surface area contributed by atoms with Gasteiger partial charge in [0.25, 0.3) is 11.8 Å². The summed E-state index contributed by atoms with van der Waals surface area (Å²) in [5.41, 5.74) is 3.45. The fourth-order valence-electron chi connectivity index (χ4n) is 7.28. The second-order valence-electron chi connectivity index (χ2n) is 10.7. The number of carbonyl (C=O) groups excluding carboxylic acids is 2. The van der Waals surface area contributed by atoms with Crippen LogP contribution < -0.4 is 9.80 Å². The molecule has 198 valence electrons. The molecule has 0 unspecified atom stereocenters. The Morgan fingerprint density at radius 3 is 2.38 bits per heavy atom. The lowest BCUT2D eigenvalue weighted by atomic mass is 9.87. The highest BCUT2D eigenvalue weighted by Crippen LogP contribution is 2.57. The molecule has 1 aromatic heterocycles. The van der Waals surface area contributed by atoms with Crippen molar-refractivity contribution in [3.63, 3.8) is 0 Å². The summed E-state index contributed by atoms with van der Waals surface area (Å²) < 4.78 is 28.7. The van der Waals surface area contributed by atoms with Crippen LogP contribution in [0.2, 0.25) is 0 Å². The molecule has 4 aliphatic rings.